The van der Waals surface area contributed by atoms with Crippen molar-refractivity contribution in [2.45, 2.75) is 0 Å². The molecule has 1 unspecified atom stereocenters. The summed E-state index contributed by atoms with van der Waals surface area (Å²) in [6.45, 7) is 0. The van der Waals surface area contributed by atoms with E-state index in [-0.39, 0.29) is 17.1 Å². The van der Waals surface area contributed by atoms with Crippen molar-refractivity contribution >= 4 is 17.6 Å². The molecule has 0 saturated carbocycles. The second-order valence-electron chi connectivity index (χ2n) is 2.37. The lowest BCUT2D eigenvalue weighted by molar-refractivity contribution is -0.138. The standard InChI is InChI=1S/C8H5ClO2/c9-7-5-3-1-2-4-6(5)8(10)11-7/h1-4,6H. The fourth-order valence-electron chi connectivity index (χ4n) is 1.15. The highest BCUT2D eigenvalue weighted by molar-refractivity contribution is 6.30. The van der Waals surface area contributed by atoms with E-state index >= 15 is 0 Å². The summed E-state index contributed by atoms with van der Waals surface area (Å²) < 4.78 is 4.71. The number of hydrogen-bond donors (Lipinski definition) is 0. The zero-order chi connectivity index (χ0) is 7.84. The average Bonchev–Trinajstić information content (AvgIpc) is 2.30. The molecular weight excluding hydrogens is 164 g/mol. The van der Waals surface area contributed by atoms with Crippen LogP contribution in [0.15, 0.2) is 35.1 Å². The first-order valence-corrected chi connectivity index (χ1v) is 3.63. The molecule has 0 radical (unpaired) electrons. The van der Waals surface area contributed by atoms with E-state index in [0.717, 1.165) is 5.57 Å². The Labute approximate surface area is 68.8 Å². The lowest BCUT2D eigenvalue weighted by Gasteiger charge is -2.03. The number of cyclic esters (lactones) is 1. The number of fused-ring (bicyclic) bond motifs is 1. The third-order valence-electron chi connectivity index (χ3n) is 1.70. The zero-order valence-electron chi connectivity index (χ0n) is 5.58. The quantitative estimate of drug-likeness (QED) is 0.515. The molecule has 11 heavy (non-hydrogen) atoms. The van der Waals surface area contributed by atoms with Crippen LogP contribution in [0.5, 0.6) is 0 Å². The summed E-state index contributed by atoms with van der Waals surface area (Å²) in [4.78, 5) is 11.0. The fraction of sp³-hybridized carbons (Fsp3) is 0.125. The maximum absolute atomic E-state index is 11.0. The highest BCUT2D eigenvalue weighted by atomic mass is 35.5. The molecule has 0 fully saturated rings. The molecule has 1 aliphatic heterocycles. The Balaban J connectivity index is 2.46. The van der Waals surface area contributed by atoms with Gasteiger partial charge in [-0.2, -0.15) is 0 Å². The smallest absolute Gasteiger partial charge is 0.323 e. The molecule has 0 aromatic carbocycles. The molecule has 0 aromatic heterocycles. The molecule has 2 nitrogen and oxygen atoms in total. The Bertz CT molecular complexity index is 299. The lowest BCUT2D eigenvalue weighted by Crippen LogP contribution is -2.08. The van der Waals surface area contributed by atoms with Crippen molar-refractivity contribution in [3.8, 4) is 0 Å². The predicted molar refractivity (Wildman–Crippen MR) is 40.7 cm³/mol. The van der Waals surface area contributed by atoms with E-state index in [1.807, 2.05) is 12.2 Å². The summed E-state index contributed by atoms with van der Waals surface area (Å²) in [5.41, 5.74) is 0.763. The molecule has 1 atom stereocenters. The van der Waals surface area contributed by atoms with Gasteiger partial charge in [-0.3, -0.25) is 4.79 Å². The van der Waals surface area contributed by atoms with Crippen LogP contribution in [-0.2, 0) is 9.53 Å². The number of ether oxygens (including phenoxy) is 1. The molecule has 0 bridgehead atoms. The topological polar surface area (TPSA) is 26.3 Å². The van der Waals surface area contributed by atoms with Gasteiger partial charge in [0.25, 0.3) is 0 Å². The minimum absolute atomic E-state index is 0.209. The van der Waals surface area contributed by atoms with Crippen molar-refractivity contribution in [3.63, 3.8) is 0 Å². The summed E-state index contributed by atoms with van der Waals surface area (Å²) in [5.74, 6) is -0.557. The van der Waals surface area contributed by atoms with Crippen molar-refractivity contribution in [1.29, 1.82) is 0 Å². The third kappa shape index (κ3) is 0.906. The summed E-state index contributed by atoms with van der Waals surface area (Å²) >= 11 is 5.63. The Kier molecular flexibility index (Phi) is 1.36. The Morgan fingerprint density at radius 2 is 2.27 bits per heavy atom. The second kappa shape index (κ2) is 2.24. The van der Waals surface area contributed by atoms with Crippen LogP contribution in [0.2, 0.25) is 0 Å². The number of carbonyl (C=O) groups excluding carboxylic acids is 1. The van der Waals surface area contributed by atoms with Crippen molar-refractivity contribution in [1.82, 2.24) is 0 Å². The van der Waals surface area contributed by atoms with Gasteiger partial charge in [0.1, 0.15) is 5.92 Å². The molecule has 0 amide bonds. The van der Waals surface area contributed by atoms with Crippen LogP contribution in [0.4, 0.5) is 0 Å². The monoisotopic (exact) mass is 168 g/mol. The van der Waals surface area contributed by atoms with Gasteiger partial charge in [-0.25, -0.2) is 0 Å². The molecule has 3 heteroatoms. The number of esters is 1. The van der Waals surface area contributed by atoms with Gasteiger partial charge >= 0.3 is 5.97 Å². The minimum Gasteiger partial charge on any atom is -0.413 e. The van der Waals surface area contributed by atoms with E-state index in [2.05, 4.69) is 0 Å². The van der Waals surface area contributed by atoms with Crippen LogP contribution in [-0.4, -0.2) is 5.97 Å². The van der Waals surface area contributed by atoms with E-state index in [9.17, 15) is 4.79 Å². The molecular formula is C8H5ClO2. The number of rotatable bonds is 0. The van der Waals surface area contributed by atoms with Crippen molar-refractivity contribution in [2.75, 3.05) is 0 Å². The van der Waals surface area contributed by atoms with Crippen LogP contribution in [0.25, 0.3) is 0 Å². The molecule has 56 valence electrons. The molecule has 0 spiro atoms. The highest BCUT2D eigenvalue weighted by Gasteiger charge is 2.32. The van der Waals surface area contributed by atoms with E-state index in [1.165, 1.54) is 0 Å². The van der Waals surface area contributed by atoms with Gasteiger partial charge in [-0.05, 0) is 11.6 Å². The number of hydrogen-bond acceptors (Lipinski definition) is 2. The van der Waals surface area contributed by atoms with Crippen LogP contribution in [0, 0.1) is 5.92 Å². The van der Waals surface area contributed by atoms with E-state index < -0.39 is 0 Å². The van der Waals surface area contributed by atoms with E-state index in [4.69, 9.17) is 16.3 Å². The zero-order valence-corrected chi connectivity index (χ0v) is 6.34. The molecule has 2 rings (SSSR count). The Morgan fingerprint density at radius 3 is 3.00 bits per heavy atom. The Morgan fingerprint density at radius 1 is 1.45 bits per heavy atom. The number of carbonyl (C=O) groups is 1. The van der Waals surface area contributed by atoms with Crippen LogP contribution in [0.1, 0.15) is 0 Å². The van der Waals surface area contributed by atoms with Gasteiger partial charge in [0.2, 0.25) is 5.22 Å². The maximum atomic E-state index is 11.0. The lowest BCUT2D eigenvalue weighted by atomic mass is 9.98. The van der Waals surface area contributed by atoms with Crippen LogP contribution >= 0.6 is 11.6 Å². The SMILES string of the molecule is O=C1OC(Cl)=C2C=CC=CC12. The first kappa shape index (κ1) is 6.68. The predicted octanol–water partition coefficient (Wildman–Crippen LogP) is 1.74. The largest absolute Gasteiger partial charge is 0.413 e. The van der Waals surface area contributed by atoms with Gasteiger partial charge in [0.15, 0.2) is 0 Å². The first-order valence-electron chi connectivity index (χ1n) is 3.25. The van der Waals surface area contributed by atoms with Crippen molar-refractivity contribution in [3.05, 3.63) is 35.1 Å². The summed E-state index contributed by atoms with van der Waals surface area (Å²) in [6, 6.07) is 0. The first-order chi connectivity index (χ1) is 5.29. The molecule has 1 aliphatic carbocycles. The second-order valence-corrected chi connectivity index (χ2v) is 2.72. The molecule has 0 aromatic rings. The molecule has 2 aliphatic rings. The number of allylic oxidation sites excluding steroid dienone is 3. The normalized spacial score (nSPS) is 27.4. The van der Waals surface area contributed by atoms with Crippen molar-refractivity contribution < 1.29 is 9.53 Å². The van der Waals surface area contributed by atoms with Crippen molar-refractivity contribution in [2.24, 2.45) is 5.92 Å². The van der Waals surface area contributed by atoms with Gasteiger partial charge in [-0.15, -0.1) is 0 Å². The fourth-order valence-corrected chi connectivity index (χ4v) is 1.40. The van der Waals surface area contributed by atoms with Gasteiger partial charge in [-0.1, -0.05) is 24.3 Å². The van der Waals surface area contributed by atoms with E-state index in [0.29, 0.717) is 0 Å². The molecule has 1 heterocycles. The van der Waals surface area contributed by atoms with Crippen LogP contribution < -0.4 is 0 Å². The highest BCUT2D eigenvalue weighted by Crippen LogP contribution is 2.32. The summed E-state index contributed by atoms with van der Waals surface area (Å²) in [6.07, 6.45) is 7.20. The number of halogens is 1. The minimum atomic E-state index is -0.286. The molecule has 0 N–H and O–H groups in total. The summed E-state index contributed by atoms with van der Waals surface area (Å²) in [5, 5.41) is 0.209. The molecule has 0 saturated heterocycles. The Hall–Kier alpha value is -1.02. The van der Waals surface area contributed by atoms with Gasteiger partial charge in [0, 0.05) is 5.57 Å². The third-order valence-corrected chi connectivity index (χ3v) is 1.99. The van der Waals surface area contributed by atoms with Gasteiger partial charge in [0.05, 0.1) is 0 Å². The summed E-state index contributed by atoms with van der Waals surface area (Å²) in [7, 11) is 0. The van der Waals surface area contributed by atoms with E-state index in [1.54, 1.807) is 12.2 Å². The maximum Gasteiger partial charge on any atom is 0.323 e. The average molecular weight is 169 g/mol. The van der Waals surface area contributed by atoms with Gasteiger partial charge < -0.3 is 4.74 Å². The van der Waals surface area contributed by atoms with Crippen LogP contribution in [0.3, 0.4) is 0 Å².